The maximum atomic E-state index is 12.9. The Morgan fingerprint density at radius 3 is 2.38 bits per heavy atom. The number of pyridine rings is 1. The Hall–Kier alpha value is -2.94. The molecule has 2 aromatic heterocycles. The van der Waals surface area contributed by atoms with E-state index in [0.717, 1.165) is 5.56 Å². The molecular formula is C23H35N5O4. The maximum Gasteiger partial charge on any atom is 0.410 e. The second-order valence-electron chi connectivity index (χ2n) is 8.32. The van der Waals surface area contributed by atoms with Crippen LogP contribution in [0.25, 0.3) is 5.82 Å². The summed E-state index contributed by atoms with van der Waals surface area (Å²) in [5.41, 5.74) is -0.636. The average Bonchev–Trinajstić information content (AvgIpc) is 3.33. The van der Waals surface area contributed by atoms with Gasteiger partial charge in [0, 0.05) is 58.2 Å². The third kappa shape index (κ3) is 6.53. The van der Waals surface area contributed by atoms with Crippen LogP contribution in [0, 0.1) is 0 Å². The van der Waals surface area contributed by atoms with E-state index in [-0.39, 0.29) is 12.0 Å². The van der Waals surface area contributed by atoms with Gasteiger partial charge in [-0.1, -0.05) is 19.9 Å². The number of hydrogen-bond donors (Lipinski definition) is 1. The highest BCUT2D eigenvalue weighted by Crippen LogP contribution is 2.27. The Labute approximate surface area is 190 Å². The van der Waals surface area contributed by atoms with Gasteiger partial charge in [0.1, 0.15) is 11.2 Å². The molecule has 1 aliphatic rings. The molecule has 0 spiro atoms. The van der Waals surface area contributed by atoms with Gasteiger partial charge >= 0.3 is 6.09 Å². The van der Waals surface area contributed by atoms with E-state index in [0.29, 0.717) is 38.3 Å². The van der Waals surface area contributed by atoms with Crippen molar-refractivity contribution in [3.8, 4) is 5.82 Å². The minimum atomic E-state index is -0.957. The number of nitrogens with one attached hydrogen (secondary N) is 1. The Morgan fingerprint density at radius 2 is 1.88 bits per heavy atom. The van der Waals surface area contributed by atoms with Crippen molar-refractivity contribution in [2.24, 2.45) is 0 Å². The number of rotatable bonds is 5. The first-order valence-corrected chi connectivity index (χ1v) is 11.0. The number of aromatic nitrogens is 3. The van der Waals surface area contributed by atoms with E-state index in [4.69, 9.17) is 9.47 Å². The van der Waals surface area contributed by atoms with Crippen LogP contribution in [0.4, 0.5) is 4.79 Å². The fourth-order valence-corrected chi connectivity index (χ4v) is 3.31. The van der Waals surface area contributed by atoms with Crippen LogP contribution in [0.15, 0.2) is 36.8 Å². The molecule has 9 heteroatoms. The summed E-state index contributed by atoms with van der Waals surface area (Å²) in [6.45, 7) is 10.6. The monoisotopic (exact) mass is 445 g/mol. The topological polar surface area (TPSA) is 98.6 Å². The Balaban J connectivity index is 0.00000176. The molecule has 1 fully saturated rings. The Morgan fingerprint density at radius 1 is 1.19 bits per heavy atom. The first kappa shape index (κ1) is 25.3. The Bertz CT molecular complexity index is 852. The number of piperidine rings is 1. The molecule has 0 radical (unpaired) electrons. The lowest BCUT2D eigenvalue weighted by atomic mass is 9.90. The molecule has 0 aromatic carbocycles. The van der Waals surface area contributed by atoms with Crippen LogP contribution >= 0.6 is 0 Å². The van der Waals surface area contributed by atoms with Crippen LogP contribution in [0.5, 0.6) is 0 Å². The van der Waals surface area contributed by atoms with Crippen molar-refractivity contribution in [1.29, 1.82) is 0 Å². The van der Waals surface area contributed by atoms with Gasteiger partial charge in [0.2, 0.25) is 0 Å². The number of ether oxygens (including phenoxy) is 2. The predicted molar refractivity (Wildman–Crippen MR) is 121 cm³/mol. The molecule has 2 amide bonds. The third-order valence-corrected chi connectivity index (χ3v) is 5.03. The van der Waals surface area contributed by atoms with E-state index < -0.39 is 11.2 Å². The first-order chi connectivity index (χ1) is 15.2. The van der Waals surface area contributed by atoms with Gasteiger partial charge < -0.3 is 19.7 Å². The van der Waals surface area contributed by atoms with Crippen molar-refractivity contribution < 1.29 is 19.1 Å². The summed E-state index contributed by atoms with van der Waals surface area (Å²) >= 11 is 0. The van der Waals surface area contributed by atoms with E-state index in [1.807, 2.05) is 59.0 Å². The van der Waals surface area contributed by atoms with Crippen molar-refractivity contribution in [2.75, 3.05) is 20.2 Å². The highest BCUT2D eigenvalue weighted by Gasteiger charge is 2.43. The lowest BCUT2D eigenvalue weighted by Gasteiger charge is -2.39. The molecule has 1 aliphatic heterocycles. The number of nitrogens with zero attached hydrogens (tertiary/aromatic N) is 4. The molecule has 3 heterocycles. The summed E-state index contributed by atoms with van der Waals surface area (Å²) in [4.78, 5) is 31.1. The van der Waals surface area contributed by atoms with Gasteiger partial charge in [0.15, 0.2) is 5.82 Å². The van der Waals surface area contributed by atoms with Gasteiger partial charge in [-0.3, -0.25) is 4.79 Å². The summed E-state index contributed by atoms with van der Waals surface area (Å²) in [5, 5.41) is 7.08. The number of carbonyl (C=O) groups is 2. The van der Waals surface area contributed by atoms with E-state index in [1.54, 1.807) is 22.0 Å². The molecule has 176 valence electrons. The molecule has 9 nitrogen and oxygen atoms in total. The van der Waals surface area contributed by atoms with Crippen molar-refractivity contribution in [1.82, 2.24) is 25.0 Å². The van der Waals surface area contributed by atoms with Gasteiger partial charge in [-0.05, 0) is 38.5 Å². The molecule has 3 rings (SSSR count). The van der Waals surface area contributed by atoms with Gasteiger partial charge in [-0.25, -0.2) is 14.5 Å². The third-order valence-electron chi connectivity index (χ3n) is 5.03. The van der Waals surface area contributed by atoms with E-state index >= 15 is 0 Å². The highest BCUT2D eigenvalue weighted by molar-refractivity contribution is 5.85. The molecule has 0 atom stereocenters. The summed E-state index contributed by atoms with van der Waals surface area (Å²) in [7, 11) is 1.53. The standard InChI is InChI=1S/C21H29N5O4.C2H6/c1-20(2,3)30-19(28)25-12-8-21(29-4,9-13-25)18(27)23-15-16-6-7-17(22-14-16)26-11-5-10-24-26;1-2/h5-7,10-11,14H,8-9,12-13,15H2,1-4H3,(H,23,27);1-2H3. The quantitative estimate of drug-likeness (QED) is 0.758. The zero-order chi connectivity index (χ0) is 23.8. The van der Waals surface area contributed by atoms with E-state index in [2.05, 4.69) is 15.4 Å². The summed E-state index contributed by atoms with van der Waals surface area (Å²) in [5.74, 6) is 0.517. The van der Waals surface area contributed by atoms with E-state index in [1.165, 1.54) is 7.11 Å². The normalized spacial score (nSPS) is 15.4. The van der Waals surface area contributed by atoms with Crippen LogP contribution in [0.3, 0.4) is 0 Å². The number of hydrogen-bond acceptors (Lipinski definition) is 6. The molecule has 0 unspecified atom stereocenters. The van der Waals surface area contributed by atoms with Crippen LogP contribution in [0.2, 0.25) is 0 Å². The smallest absolute Gasteiger partial charge is 0.410 e. The fourth-order valence-electron chi connectivity index (χ4n) is 3.31. The molecular weight excluding hydrogens is 410 g/mol. The second kappa shape index (κ2) is 11.1. The lowest BCUT2D eigenvalue weighted by Crippen LogP contribution is -2.56. The first-order valence-electron chi connectivity index (χ1n) is 11.0. The summed E-state index contributed by atoms with van der Waals surface area (Å²) < 4.78 is 12.7. The van der Waals surface area contributed by atoms with Crippen molar-refractivity contribution >= 4 is 12.0 Å². The van der Waals surface area contributed by atoms with Crippen molar-refractivity contribution in [2.45, 2.75) is 65.2 Å². The highest BCUT2D eigenvalue weighted by atomic mass is 16.6. The number of likely N-dealkylation sites (tertiary alicyclic amines) is 1. The van der Waals surface area contributed by atoms with Gasteiger partial charge in [0.05, 0.1) is 0 Å². The van der Waals surface area contributed by atoms with E-state index in [9.17, 15) is 9.59 Å². The molecule has 0 bridgehead atoms. The van der Waals surface area contributed by atoms with Crippen LogP contribution in [-0.2, 0) is 20.8 Å². The molecule has 1 N–H and O–H groups in total. The SMILES string of the molecule is CC.COC1(C(=O)NCc2ccc(-n3cccn3)nc2)CCN(C(=O)OC(C)(C)C)CC1. The second-order valence-corrected chi connectivity index (χ2v) is 8.32. The van der Waals surface area contributed by atoms with Crippen LogP contribution in [0.1, 0.15) is 53.0 Å². The average molecular weight is 446 g/mol. The molecule has 2 aromatic rings. The van der Waals surface area contributed by atoms with Gasteiger partial charge in [-0.15, -0.1) is 0 Å². The lowest BCUT2D eigenvalue weighted by molar-refractivity contribution is -0.149. The van der Waals surface area contributed by atoms with Crippen LogP contribution in [-0.4, -0.2) is 63.1 Å². The number of methoxy groups -OCH3 is 1. The minimum absolute atomic E-state index is 0.190. The van der Waals surface area contributed by atoms with Gasteiger partial charge in [-0.2, -0.15) is 5.10 Å². The zero-order valence-corrected chi connectivity index (χ0v) is 19.9. The minimum Gasteiger partial charge on any atom is -0.444 e. The summed E-state index contributed by atoms with van der Waals surface area (Å²) in [6, 6.07) is 5.57. The number of amides is 2. The predicted octanol–water partition coefficient (Wildman–Crippen LogP) is 3.33. The molecule has 32 heavy (non-hydrogen) atoms. The molecule has 0 saturated carbocycles. The van der Waals surface area contributed by atoms with Crippen molar-refractivity contribution in [3.05, 3.63) is 42.4 Å². The number of carbonyl (C=O) groups excluding carboxylic acids is 2. The zero-order valence-electron chi connectivity index (χ0n) is 19.9. The van der Waals surface area contributed by atoms with Crippen molar-refractivity contribution in [3.63, 3.8) is 0 Å². The molecule has 0 aliphatic carbocycles. The molecule has 1 saturated heterocycles. The van der Waals surface area contributed by atoms with Gasteiger partial charge in [0.25, 0.3) is 5.91 Å². The maximum absolute atomic E-state index is 12.9. The largest absolute Gasteiger partial charge is 0.444 e. The summed E-state index contributed by atoms with van der Waals surface area (Å²) in [6.07, 6.45) is 5.66. The Kier molecular flexibility index (Phi) is 8.77. The fraction of sp³-hybridized carbons (Fsp3) is 0.565. The van der Waals surface area contributed by atoms with Crippen LogP contribution < -0.4 is 5.32 Å².